The molecule has 4 heterocycles. The van der Waals surface area contributed by atoms with Crippen LogP contribution < -0.4 is 5.32 Å². The molecule has 1 atom stereocenters. The summed E-state index contributed by atoms with van der Waals surface area (Å²) in [6, 6.07) is 5.75. The van der Waals surface area contributed by atoms with E-state index in [1.165, 1.54) is 25.2 Å². The van der Waals surface area contributed by atoms with Crippen molar-refractivity contribution < 1.29 is 9.05 Å². The van der Waals surface area contributed by atoms with Crippen molar-refractivity contribution in [3.63, 3.8) is 0 Å². The third-order valence-corrected chi connectivity index (χ3v) is 5.26. The van der Waals surface area contributed by atoms with E-state index in [4.69, 9.17) is 4.52 Å². The van der Waals surface area contributed by atoms with E-state index in [0.29, 0.717) is 17.8 Å². The van der Waals surface area contributed by atoms with Crippen LogP contribution in [0.25, 0.3) is 0 Å². The van der Waals surface area contributed by atoms with Crippen LogP contribution in [0.1, 0.15) is 96.7 Å². The van der Waals surface area contributed by atoms with Crippen molar-refractivity contribution >= 4 is 0 Å². The van der Waals surface area contributed by atoms with Gasteiger partial charge in [0.05, 0.1) is 11.9 Å². The minimum Gasteiger partial charge on any atom is -0.365 e. The van der Waals surface area contributed by atoms with Crippen LogP contribution in [0.2, 0.25) is 0 Å². The van der Waals surface area contributed by atoms with Gasteiger partial charge >= 0.3 is 0 Å². The molecule has 1 saturated heterocycles. The van der Waals surface area contributed by atoms with E-state index in [-0.39, 0.29) is 0 Å². The number of hydrogen-bond donors (Lipinski definition) is 2. The smallest absolute Gasteiger partial charge is 0.139 e. The fraction of sp³-hybridized carbons (Fsp3) is 0.640. The first-order valence-electron chi connectivity index (χ1n) is 11.7. The van der Waals surface area contributed by atoms with Crippen molar-refractivity contribution in [2.24, 2.45) is 11.8 Å². The van der Waals surface area contributed by atoms with E-state index in [0.717, 1.165) is 23.3 Å². The Morgan fingerprint density at radius 1 is 0.906 bits per heavy atom. The Morgan fingerprint density at radius 3 is 1.91 bits per heavy atom. The molecule has 0 radical (unpaired) electrons. The summed E-state index contributed by atoms with van der Waals surface area (Å²) in [6.45, 7) is 19.7. The highest BCUT2D eigenvalue weighted by molar-refractivity contribution is 5.02. The lowest BCUT2D eigenvalue weighted by molar-refractivity contribution is 0.371. The summed E-state index contributed by atoms with van der Waals surface area (Å²) >= 11 is 0. The van der Waals surface area contributed by atoms with E-state index in [1.54, 1.807) is 18.7 Å². The molecule has 2 N–H and O–H groups in total. The van der Waals surface area contributed by atoms with Crippen molar-refractivity contribution in [1.82, 2.24) is 25.8 Å². The second kappa shape index (κ2) is 15.4. The Morgan fingerprint density at radius 2 is 1.66 bits per heavy atom. The van der Waals surface area contributed by atoms with Gasteiger partial charge in [0, 0.05) is 29.9 Å². The van der Waals surface area contributed by atoms with Crippen molar-refractivity contribution in [1.29, 1.82) is 0 Å². The average molecular weight is 446 g/mol. The lowest BCUT2D eigenvalue weighted by atomic mass is 9.96. The van der Waals surface area contributed by atoms with E-state index in [9.17, 15) is 0 Å². The van der Waals surface area contributed by atoms with Gasteiger partial charge in [-0.3, -0.25) is 5.10 Å². The molecule has 7 heteroatoms. The predicted molar refractivity (Wildman–Crippen MR) is 130 cm³/mol. The van der Waals surface area contributed by atoms with Crippen LogP contribution in [0, 0.1) is 11.8 Å². The van der Waals surface area contributed by atoms with Gasteiger partial charge in [-0.1, -0.05) is 65.7 Å². The molecular weight excluding hydrogens is 402 g/mol. The molecule has 0 saturated carbocycles. The molecule has 180 valence electrons. The average Bonchev–Trinajstić information content (AvgIpc) is 3.56. The molecule has 0 spiro atoms. The molecule has 1 aliphatic heterocycles. The fourth-order valence-corrected chi connectivity index (χ4v) is 2.88. The zero-order chi connectivity index (χ0) is 23.9. The maximum atomic E-state index is 4.84. The number of H-pyrrole nitrogens is 1. The third kappa shape index (κ3) is 11.3. The SMILES string of the molecule is CC(C)C1CCNC1.CC(C)c1ccn[nH]1.CC(C)c1ccno1.CC(C)c1ccon1. The monoisotopic (exact) mass is 445 g/mol. The summed E-state index contributed by atoms with van der Waals surface area (Å²) in [4.78, 5) is 0. The Labute approximate surface area is 193 Å². The number of nitrogens with one attached hydrogen (secondary N) is 2. The first kappa shape index (κ1) is 27.6. The van der Waals surface area contributed by atoms with Crippen LogP contribution in [-0.4, -0.2) is 33.6 Å². The molecule has 1 fully saturated rings. The molecule has 0 aliphatic carbocycles. The van der Waals surface area contributed by atoms with E-state index in [1.807, 2.05) is 18.2 Å². The highest BCUT2D eigenvalue weighted by Gasteiger charge is 2.16. The molecule has 3 aromatic rings. The van der Waals surface area contributed by atoms with Crippen LogP contribution in [0.4, 0.5) is 0 Å². The quantitative estimate of drug-likeness (QED) is 0.484. The fourth-order valence-electron chi connectivity index (χ4n) is 2.88. The Kier molecular flexibility index (Phi) is 13.3. The third-order valence-electron chi connectivity index (χ3n) is 5.26. The number of hydrogen-bond acceptors (Lipinski definition) is 6. The molecule has 7 nitrogen and oxygen atoms in total. The van der Waals surface area contributed by atoms with Gasteiger partial charge in [0.1, 0.15) is 12.0 Å². The first-order valence-corrected chi connectivity index (χ1v) is 11.7. The zero-order valence-electron chi connectivity index (χ0n) is 21.1. The standard InChI is InChI=1S/C7H15N.C6H10N2.2C6H9NO/c1-6(2)7-3-4-8-5-7;1-5(2)6-3-4-7-8-6;1-5(2)6-3-4-8-7-6;1-5(2)6-3-4-7-8-6/h6-8H,3-5H2,1-2H3;3-5H,1-2H3,(H,7,8);2*3-5H,1-2H3. The molecule has 1 aliphatic rings. The van der Waals surface area contributed by atoms with E-state index < -0.39 is 0 Å². The minimum absolute atomic E-state index is 0.456. The maximum Gasteiger partial charge on any atom is 0.139 e. The Hall–Kier alpha value is -2.41. The Balaban J connectivity index is 0.000000213. The topological polar surface area (TPSA) is 92.8 Å². The van der Waals surface area contributed by atoms with Crippen molar-refractivity contribution in [2.45, 2.75) is 79.6 Å². The maximum absolute atomic E-state index is 4.84. The molecular formula is C25H43N5O2. The molecule has 0 bridgehead atoms. The van der Waals surface area contributed by atoms with Gasteiger partial charge in [-0.25, -0.2) is 0 Å². The second-order valence-corrected chi connectivity index (χ2v) is 9.31. The molecule has 1 unspecified atom stereocenters. The van der Waals surface area contributed by atoms with Gasteiger partial charge in [0.25, 0.3) is 0 Å². The highest BCUT2D eigenvalue weighted by Crippen LogP contribution is 2.16. The highest BCUT2D eigenvalue weighted by atomic mass is 16.5. The number of aromatic nitrogens is 4. The van der Waals surface area contributed by atoms with Gasteiger partial charge in [-0.05, 0) is 49.2 Å². The van der Waals surface area contributed by atoms with Crippen molar-refractivity contribution in [3.8, 4) is 0 Å². The molecule has 4 rings (SSSR count). The van der Waals surface area contributed by atoms with Crippen LogP contribution in [-0.2, 0) is 0 Å². The Bertz CT molecular complexity index is 667. The lowest BCUT2D eigenvalue weighted by Crippen LogP contribution is -2.12. The summed E-state index contributed by atoms with van der Waals surface area (Å²) in [5.74, 6) is 4.29. The zero-order valence-corrected chi connectivity index (χ0v) is 21.1. The summed E-state index contributed by atoms with van der Waals surface area (Å²) in [5.41, 5.74) is 2.22. The number of aromatic amines is 1. The minimum atomic E-state index is 0.456. The van der Waals surface area contributed by atoms with Crippen LogP contribution >= 0.6 is 0 Å². The summed E-state index contributed by atoms with van der Waals surface area (Å²) in [7, 11) is 0. The van der Waals surface area contributed by atoms with Gasteiger partial charge < -0.3 is 14.4 Å². The van der Waals surface area contributed by atoms with Gasteiger partial charge in [-0.2, -0.15) is 5.10 Å². The van der Waals surface area contributed by atoms with Gasteiger partial charge in [-0.15, -0.1) is 0 Å². The van der Waals surface area contributed by atoms with Gasteiger partial charge in [0.2, 0.25) is 0 Å². The lowest BCUT2D eigenvalue weighted by Gasteiger charge is -2.10. The second-order valence-electron chi connectivity index (χ2n) is 9.31. The first-order chi connectivity index (χ1) is 15.2. The number of nitrogens with zero attached hydrogens (tertiary/aromatic N) is 3. The number of rotatable bonds is 4. The summed E-state index contributed by atoms with van der Waals surface area (Å²) < 4.78 is 9.47. The normalized spacial score (nSPS) is 15.2. The molecule has 3 aromatic heterocycles. The summed E-state index contributed by atoms with van der Waals surface area (Å²) in [6.07, 6.45) is 6.41. The predicted octanol–water partition coefficient (Wildman–Crippen LogP) is 6.38. The molecule has 0 amide bonds. The van der Waals surface area contributed by atoms with Crippen LogP contribution in [0.5, 0.6) is 0 Å². The largest absolute Gasteiger partial charge is 0.365 e. The van der Waals surface area contributed by atoms with Crippen LogP contribution in [0.3, 0.4) is 0 Å². The summed E-state index contributed by atoms with van der Waals surface area (Å²) in [5, 5.41) is 17.4. The van der Waals surface area contributed by atoms with E-state index >= 15 is 0 Å². The molecule has 32 heavy (non-hydrogen) atoms. The van der Waals surface area contributed by atoms with E-state index in [2.05, 4.69) is 85.7 Å². The molecule has 0 aromatic carbocycles. The van der Waals surface area contributed by atoms with Crippen LogP contribution in [0.15, 0.2) is 45.9 Å². The van der Waals surface area contributed by atoms with Crippen molar-refractivity contribution in [2.75, 3.05) is 13.1 Å². The van der Waals surface area contributed by atoms with Gasteiger partial charge in [0.15, 0.2) is 0 Å². The van der Waals surface area contributed by atoms with Crippen molar-refractivity contribution in [3.05, 3.63) is 54.0 Å².